The molecule has 1 saturated carbocycles. The first-order valence-corrected chi connectivity index (χ1v) is 6.03. The van der Waals surface area contributed by atoms with E-state index in [9.17, 15) is 0 Å². The fourth-order valence-corrected chi connectivity index (χ4v) is 2.43. The maximum Gasteiger partial charge on any atom is 0.0757 e. The van der Waals surface area contributed by atoms with Gasteiger partial charge in [0, 0.05) is 26.2 Å². The molecule has 1 aliphatic carbocycles. The number of aryl methyl sites for hydroxylation is 1. The van der Waals surface area contributed by atoms with E-state index in [-0.39, 0.29) is 0 Å². The third-order valence-electron chi connectivity index (χ3n) is 3.58. The van der Waals surface area contributed by atoms with Crippen molar-refractivity contribution in [2.45, 2.75) is 38.0 Å². The molecule has 1 aromatic heterocycles. The van der Waals surface area contributed by atoms with Crippen LogP contribution in [0.1, 0.15) is 25.0 Å². The van der Waals surface area contributed by atoms with Gasteiger partial charge in [0.15, 0.2) is 0 Å². The van der Waals surface area contributed by atoms with E-state index in [1.165, 1.54) is 12.8 Å². The second-order valence-electron chi connectivity index (χ2n) is 4.80. The third kappa shape index (κ3) is 1.97. The van der Waals surface area contributed by atoms with Gasteiger partial charge in [0.1, 0.15) is 0 Å². The topological polar surface area (TPSA) is 52.0 Å². The van der Waals surface area contributed by atoms with E-state index in [2.05, 4.69) is 15.6 Å². The van der Waals surface area contributed by atoms with Crippen molar-refractivity contribution in [2.24, 2.45) is 13.0 Å². The Bertz CT molecular complexity index is 361. The molecule has 2 fully saturated rings. The predicted molar refractivity (Wildman–Crippen MR) is 58.7 cm³/mol. The summed E-state index contributed by atoms with van der Waals surface area (Å²) in [5.41, 5.74) is 1.13. The highest BCUT2D eigenvalue weighted by Crippen LogP contribution is 2.38. The lowest BCUT2D eigenvalue weighted by atomic mass is 10.1. The number of hydrogen-bond acceptors (Lipinski definition) is 4. The van der Waals surface area contributed by atoms with Crippen molar-refractivity contribution in [3.63, 3.8) is 0 Å². The lowest BCUT2D eigenvalue weighted by Crippen LogP contribution is -2.37. The van der Waals surface area contributed by atoms with Crippen LogP contribution in [0.2, 0.25) is 0 Å². The highest BCUT2D eigenvalue weighted by molar-refractivity contribution is 4.97. The van der Waals surface area contributed by atoms with E-state index in [1.54, 1.807) is 0 Å². The molecule has 0 aromatic carbocycles. The van der Waals surface area contributed by atoms with Crippen molar-refractivity contribution in [2.75, 3.05) is 6.61 Å². The molecule has 0 amide bonds. The Morgan fingerprint density at radius 1 is 1.50 bits per heavy atom. The summed E-state index contributed by atoms with van der Waals surface area (Å²) < 4.78 is 7.60. The van der Waals surface area contributed by atoms with Gasteiger partial charge in [-0.1, -0.05) is 5.21 Å². The fraction of sp³-hybridized carbons (Fsp3) is 0.818. The maximum absolute atomic E-state index is 5.79. The van der Waals surface area contributed by atoms with Gasteiger partial charge in [0.05, 0.1) is 18.0 Å². The van der Waals surface area contributed by atoms with E-state index < -0.39 is 0 Å². The molecule has 5 heteroatoms. The minimum atomic E-state index is 0.446. The third-order valence-corrected chi connectivity index (χ3v) is 3.58. The van der Waals surface area contributed by atoms with Crippen LogP contribution in [0.3, 0.4) is 0 Å². The zero-order valence-electron chi connectivity index (χ0n) is 9.59. The molecule has 2 heterocycles. The Morgan fingerprint density at radius 2 is 2.38 bits per heavy atom. The van der Waals surface area contributed by atoms with Gasteiger partial charge in [0.25, 0.3) is 0 Å². The molecule has 2 atom stereocenters. The van der Waals surface area contributed by atoms with Crippen LogP contribution in [0, 0.1) is 5.92 Å². The Labute approximate surface area is 95.2 Å². The first-order valence-electron chi connectivity index (χ1n) is 6.03. The van der Waals surface area contributed by atoms with Crippen LogP contribution >= 0.6 is 0 Å². The average molecular weight is 222 g/mol. The molecule has 1 aliphatic heterocycles. The number of nitrogens with zero attached hydrogens (tertiary/aromatic N) is 3. The molecule has 1 aromatic rings. The van der Waals surface area contributed by atoms with Gasteiger partial charge in [-0.25, -0.2) is 0 Å². The smallest absolute Gasteiger partial charge is 0.0757 e. The largest absolute Gasteiger partial charge is 0.376 e. The highest BCUT2D eigenvalue weighted by Gasteiger charge is 2.40. The lowest BCUT2D eigenvalue weighted by molar-refractivity contribution is 0.0807. The van der Waals surface area contributed by atoms with Crippen molar-refractivity contribution >= 4 is 0 Å². The summed E-state index contributed by atoms with van der Waals surface area (Å²) >= 11 is 0. The molecule has 0 spiro atoms. The summed E-state index contributed by atoms with van der Waals surface area (Å²) in [5.74, 6) is 0.810. The summed E-state index contributed by atoms with van der Waals surface area (Å²) in [7, 11) is 1.92. The second kappa shape index (κ2) is 4.14. The van der Waals surface area contributed by atoms with Crippen LogP contribution in [0.15, 0.2) is 6.20 Å². The number of hydrogen-bond donors (Lipinski definition) is 1. The zero-order valence-corrected chi connectivity index (χ0v) is 9.59. The molecule has 2 aliphatic rings. The zero-order chi connectivity index (χ0) is 11.0. The van der Waals surface area contributed by atoms with Crippen molar-refractivity contribution in [3.05, 3.63) is 11.9 Å². The van der Waals surface area contributed by atoms with Gasteiger partial charge in [-0.05, 0) is 25.2 Å². The van der Waals surface area contributed by atoms with Gasteiger partial charge in [-0.2, -0.15) is 0 Å². The minimum absolute atomic E-state index is 0.446. The number of rotatable bonds is 4. The summed E-state index contributed by atoms with van der Waals surface area (Å²) in [4.78, 5) is 0. The summed E-state index contributed by atoms with van der Waals surface area (Å²) in [6.07, 6.45) is 6.08. The van der Waals surface area contributed by atoms with E-state index >= 15 is 0 Å². The molecule has 0 bridgehead atoms. The van der Waals surface area contributed by atoms with Gasteiger partial charge >= 0.3 is 0 Å². The Morgan fingerprint density at radius 3 is 3.06 bits per heavy atom. The molecule has 5 nitrogen and oxygen atoms in total. The van der Waals surface area contributed by atoms with Crippen LogP contribution in [0.25, 0.3) is 0 Å². The van der Waals surface area contributed by atoms with E-state index in [0.717, 1.165) is 31.2 Å². The second-order valence-corrected chi connectivity index (χ2v) is 4.80. The molecular formula is C11H18N4O. The quantitative estimate of drug-likeness (QED) is 0.804. The molecule has 1 N–H and O–H groups in total. The Kier molecular flexibility index (Phi) is 2.65. The lowest BCUT2D eigenvalue weighted by Gasteiger charge is -2.19. The predicted octanol–water partition coefficient (Wildman–Crippen LogP) is 0.472. The normalized spacial score (nSPS) is 29.8. The Balaban J connectivity index is 1.56. The molecule has 1 saturated heterocycles. The molecule has 16 heavy (non-hydrogen) atoms. The fourth-order valence-electron chi connectivity index (χ4n) is 2.43. The molecule has 88 valence electrons. The van der Waals surface area contributed by atoms with Gasteiger partial charge in [-0.3, -0.25) is 4.68 Å². The SMILES string of the molecule is Cn1nncc1CNC1CCOC1C1CC1. The first-order chi connectivity index (χ1) is 7.84. The van der Waals surface area contributed by atoms with Crippen molar-refractivity contribution < 1.29 is 4.74 Å². The van der Waals surface area contributed by atoms with E-state index in [4.69, 9.17) is 4.74 Å². The summed E-state index contributed by atoms with van der Waals surface area (Å²) in [6.45, 7) is 1.74. The van der Waals surface area contributed by atoms with Gasteiger partial charge < -0.3 is 10.1 Å². The van der Waals surface area contributed by atoms with Gasteiger partial charge in [-0.15, -0.1) is 5.10 Å². The van der Waals surface area contributed by atoms with Crippen LogP contribution in [-0.2, 0) is 18.3 Å². The Hall–Kier alpha value is -0.940. The summed E-state index contributed by atoms with van der Waals surface area (Å²) in [5, 5.41) is 11.4. The van der Waals surface area contributed by atoms with Crippen LogP contribution < -0.4 is 5.32 Å². The van der Waals surface area contributed by atoms with E-state index in [0.29, 0.717) is 12.1 Å². The van der Waals surface area contributed by atoms with Crippen molar-refractivity contribution in [1.82, 2.24) is 20.3 Å². The summed E-state index contributed by atoms with van der Waals surface area (Å²) in [6, 6.07) is 0.516. The highest BCUT2D eigenvalue weighted by atomic mass is 16.5. The van der Waals surface area contributed by atoms with Gasteiger partial charge in [0.2, 0.25) is 0 Å². The van der Waals surface area contributed by atoms with Crippen molar-refractivity contribution in [3.8, 4) is 0 Å². The van der Waals surface area contributed by atoms with E-state index in [1.807, 2.05) is 17.9 Å². The standard InChI is InChI=1S/C11H18N4O/c1-15-9(7-13-14-15)6-12-10-4-5-16-11(10)8-2-3-8/h7-8,10-12H,2-6H2,1H3. The molecule has 0 radical (unpaired) electrons. The monoisotopic (exact) mass is 222 g/mol. The van der Waals surface area contributed by atoms with Crippen LogP contribution in [0.4, 0.5) is 0 Å². The molecular weight excluding hydrogens is 204 g/mol. The van der Waals surface area contributed by atoms with Crippen LogP contribution in [-0.4, -0.2) is 33.7 Å². The average Bonchev–Trinajstić information content (AvgIpc) is 2.88. The van der Waals surface area contributed by atoms with Crippen molar-refractivity contribution in [1.29, 1.82) is 0 Å². The molecule has 2 unspecified atom stereocenters. The first kappa shape index (κ1) is 10.2. The van der Waals surface area contributed by atoms with Crippen LogP contribution in [0.5, 0.6) is 0 Å². The number of aromatic nitrogens is 3. The maximum atomic E-state index is 5.79. The number of ether oxygens (including phenoxy) is 1. The number of nitrogens with one attached hydrogen (secondary N) is 1. The molecule has 3 rings (SSSR count). The minimum Gasteiger partial charge on any atom is -0.376 e.